The number of benzene rings is 1. The maximum atomic E-state index is 14.5. The summed E-state index contributed by atoms with van der Waals surface area (Å²) in [5.41, 5.74) is 4.28. The Bertz CT molecular complexity index is 742. The van der Waals surface area contributed by atoms with Crippen LogP contribution >= 0.6 is 0 Å². The zero-order valence-corrected chi connectivity index (χ0v) is 20.7. The van der Waals surface area contributed by atoms with E-state index in [-0.39, 0.29) is 29.0 Å². The molecule has 0 atom stereocenters. The van der Waals surface area contributed by atoms with Crippen LogP contribution in [0.4, 0.5) is 4.39 Å². The fourth-order valence-electron chi connectivity index (χ4n) is 4.62. The van der Waals surface area contributed by atoms with Crippen molar-refractivity contribution >= 4 is 5.97 Å². The van der Waals surface area contributed by atoms with Gasteiger partial charge in [0.25, 0.3) is 0 Å². The lowest BCUT2D eigenvalue weighted by Gasteiger charge is -2.35. The number of carbonyl (C=O) groups is 1. The smallest absolute Gasteiger partial charge is 0.311 e. The predicted molar refractivity (Wildman–Crippen MR) is 127 cm³/mol. The van der Waals surface area contributed by atoms with Crippen molar-refractivity contribution in [2.75, 3.05) is 19.7 Å². The molecule has 0 aromatic heterocycles. The Hall–Kier alpha value is -1.84. The molecule has 0 amide bonds. The standard InChI is InChI=1S/C27H42FNO2/c1-9-31-25(30)16-19(2)29-14-12-20(13-15-29)10-11-22-23(26(3,4)5)17-21(28)18-24(22)27(6,7)8/h17-18,20H,2,9-16H2,1,3-8H3. The number of hydrogen-bond acceptors (Lipinski definition) is 3. The van der Waals surface area contributed by atoms with Crippen LogP contribution in [0.2, 0.25) is 0 Å². The molecule has 1 aromatic carbocycles. The van der Waals surface area contributed by atoms with Crippen molar-refractivity contribution in [2.45, 2.75) is 91.4 Å². The Kier molecular flexibility index (Phi) is 8.35. The molecule has 0 bridgehead atoms. The van der Waals surface area contributed by atoms with Gasteiger partial charge in [-0.05, 0) is 78.2 Å². The lowest BCUT2D eigenvalue weighted by molar-refractivity contribution is -0.142. The first-order valence-corrected chi connectivity index (χ1v) is 11.7. The Labute approximate surface area is 189 Å². The molecule has 0 N–H and O–H groups in total. The maximum Gasteiger partial charge on any atom is 0.311 e. The summed E-state index contributed by atoms with van der Waals surface area (Å²) in [4.78, 5) is 14.0. The van der Waals surface area contributed by atoms with E-state index in [2.05, 4.69) is 53.0 Å². The van der Waals surface area contributed by atoms with Gasteiger partial charge in [0.15, 0.2) is 0 Å². The zero-order valence-electron chi connectivity index (χ0n) is 20.7. The van der Waals surface area contributed by atoms with Gasteiger partial charge in [0, 0.05) is 18.8 Å². The molecule has 4 heteroatoms. The average Bonchev–Trinajstić information content (AvgIpc) is 2.65. The first-order chi connectivity index (χ1) is 14.3. The van der Waals surface area contributed by atoms with Gasteiger partial charge in [0.05, 0.1) is 13.0 Å². The molecule has 1 aliphatic rings. The molecule has 3 nitrogen and oxygen atoms in total. The lowest BCUT2D eigenvalue weighted by atomic mass is 9.74. The molecule has 0 aliphatic carbocycles. The fourth-order valence-corrected chi connectivity index (χ4v) is 4.62. The summed E-state index contributed by atoms with van der Waals surface area (Å²) < 4.78 is 19.5. The molecule has 0 saturated carbocycles. The van der Waals surface area contributed by atoms with Crippen molar-refractivity contribution in [3.63, 3.8) is 0 Å². The number of hydrogen-bond donors (Lipinski definition) is 0. The molecule has 2 rings (SSSR count). The highest BCUT2D eigenvalue weighted by atomic mass is 19.1. The van der Waals surface area contributed by atoms with E-state index >= 15 is 0 Å². The van der Waals surface area contributed by atoms with Crippen LogP contribution in [0.1, 0.15) is 90.8 Å². The highest BCUT2D eigenvalue weighted by Gasteiger charge is 2.28. The van der Waals surface area contributed by atoms with Crippen LogP contribution in [0.3, 0.4) is 0 Å². The van der Waals surface area contributed by atoms with Gasteiger partial charge in [-0.1, -0.05) is 48.1 Å². The first-order valence-electron chi connectivity index (χ1n) is 11.7. The Morgan fingerprint density at radius 2 is 1.61 bits per heavy atom. The maximum absolute atomic E-state index is 14.5. The van der Waals surface area contributed by atoms with Crippen LogP contribution in [0.5, 0.6) is 0 Å². The van der Waals surface area contributed by atoms with E-state index in [0.717, 1.165) is 55.6 Å². The second-order valence-electron chi connectivity index (χ2n) is 11.0. The number of piperidine rings is 1. The van der Waals surface area contributed by atoms with Gasteiger partial charge in [-0.2, -0.15) is 0 Å². The highest BCUT2D eigenvalue weighted by molar-refractivity contribution is 5.72. The molecule has 174 valence electrons. The van der Waals surface area contributed by atoms with E-state index in [1.807, 2.05) is 6.92 Å². The third-order valence-corrected chi connectivity index (χ3v) is 6.35. The van der Waals surface area contributed by atoms with Gasteiger partial charge in [0.2, 0.25) is 0 Å². The fraction of sp³-hybridized carbons (Fsp3) is 0.667. The number of carbonyl (C=O) groups excluding carboxylic acids is 1. The molecule has 1 aliphatic heterocycles. The third kappa shape index (κ3) is 7.08. The normalized spacial score (nSPS) is 15.8. The van der Waals surface area contributed by atoms with Crippen molar-refractivity contribution in [1.82, 2.24) is 4.90 Å². The number of nitrogens with zero attached hydrogens (tertiary/aromatic N) is 1. The average molecular weight is 432 g/mol. The molecule has 1 heterocycles. The summed E-state index contributed by atoms with van der Waals surface area (Å²) in [6.07, 6.45) is 4.55. The van der Waals surface area contributed by atoms with Crippen LogP contribution in [-0.2, 0) is 26.8 Å². The minimum Gasteiger partial charge on any atom is -0.466 e. The Morgan fingerprint density at radius 1 is 1.10 bits per heavy atom. The van der Waals surface area contributed by atoms with Gasteiger partial charge in [0.1, 0.15) is 5.82 Å². The van der Waals surface area contributed by atoms with E-state index in [9.17, 15) is 9.18 Å². The molecule has 1 saturated heterocycles. The minimum absolute atomic E-state index is 0.0916. The van der Waals surface area contributed by atoms with Crippen LogP contribution in [-0.4, -0.2) is 30.6 Å². The van der Waals surface area contributed by atoms with Crippen molar-refractivity contribution in [3.8, 4) is 0 Å². The molecule has 0 unspecified atom stereocenters. The Morgan fingerprint density at radius 3 is 2.06 bits per heavy atom. The zero-order chi connectivity index (χ0) is 23.4. The summed E-state index contributed by atoms with van der Waals surface area (Å²) in [6, 6.07) is 3.49. The molecule has 0 spiro atoms. The van der Waals surface area contributed by atoms with Crippen molar-refractivity contribution < 1.29 is 13.9 Å². The van der Waals surface area contributed by atoms with Gasteiger partial charge in [-0.3, -0.25) is 4.79 Å². The quantitative estimate of drug-likeness (QED) is 0.460. The molecule has 0 radical (unpaired) electrons. The molecule has 1 aromatic rings. The van der Waals surface area contributed by atoms with E-state index in [1.165, 1.54) is 5.56 Å². The SMILES string of the molecule is C=C(CC(=O)OCC)N1CCC(CCc2c(C(C)(C)C)cc(F)cc2C(C)(C)C)CC1. The number of ether oxygens (including phenoxy) is 1. The van der Waals surface area contributed by atoms with Crippen LogP contribution in [0, 0.1) is 11.7 Å². The minimum atomic E-state index is -0.199. The largest absolute Gasteiger partial charge is 0.466 e. The van der Waals surface area contributed by atoms with Gasteiger partial charge in [-0.25, -0.2) is 4.39 Å². The lowest BCUT2D eigenvalue weighted by Crippen LogP contribution is -2.34. The second-order valence-corrected chi connectivity index (χ2v) is 11.0. The predicted octanol–water partition coefficient (Wildman–Crippen LogP) is 6.53. The number of halogens is 1. The summed E-state index contributed by atoms with van der Waals surface area (Å²) in [5, 5.41) is 0. The summed E-state index contributed by atoms with van der Waals surface area (Å²) in [7, 11) is 0. The number of rotatable bonds is 7. The second kappa shape index (κ2) is 10.2. The van der Waals surface area contributed by atoms with E-state index in [0.29, 0.717) is 12.5 Å². The highest BCUT2D eigenvalue weighted by Crippen LogP contribution is 2.37. The molecular weight excluding hydrogens is 389 g/mol. The monoisotopic (exact) mass is 431 g/mol. The van der Waals surface area contributed by atoms with E-state index in [1.54, 1.807) is 12.1 Å². The first kappa shape index (κ1) is 25.4. The van der Waals surface area contributed by atoms with Gasteiger partial charge in [-0.15, -0.1) is 0 Å². The third-order valence-electron chi connectivity index (χ3n) is 6.35. The summed E-state index contributed by atoms with van der Waals surface area (Å²) in [5.74, 6) is 0.305. The van der Waals surface area contributed by atoms with Gasteiger partial charge >= 0.3 is 5.97 Å². The molecular formula is C27H42FNO2. The van der Waals surface area contributed by atoms with E-state index < -0.39 is 0 Å². The topological polar surface area (TPSA) is 29.5 Å². The number of likely N-dealkylation sites (tertiary alicyclic amines) is 1. The number of esters is 1. The Balaban J connectivity index is 2.06. The van der Waals surface area contributed by atoms with Crippen molar-refractivity contribution in [1.29, 1.82) is 0 Å². The molecule has 1 fully saturated rings. The molecule has 31 heavy (non-hydrogen) atoms. The summed E-state index contributed by atoms with van der Waals surface area (Å²) >= 11 is 0. The van der Waals surface area contributed by atoms with E-state index in [4.69, 9.17) is 4.74 Å². The van der Waals surface area contributed by atoms with Gasteiger partial charge < -0.3 is 9.64 Å². The van der Waals surface area contributed by atoms with Crippen LogP contribution in [0.25, 0.3) is 0 Å². The summed E-state index contributed by atoms with van der Waals surface area (Å²) in [6.45, 7) is 21.2. The van der Waals surface area contributed by atoms with Crippen LogP contribution in [0.15, 0.2) is 24.4 Å². The van der Waals surface area contributed by atoms with Crippen molar-refractivity contribution in [3.05, 3.63) is 46.9 Å². The van der Waals surface area contributed by atoms with Crippen LogP contribution < -0.4 is 0 Å². The van der Waals surface area contributed by atoms with Crippen molar-refractivity contribution in [2.24, 2.45) is 5.92 Å².